The summed E-state index contributed by atoms with van der Waals surface area (Å²) in [5, 5.41) is 0. The van der Waals surface area contributed by atoms with Gasteiger partial charge >= 0.3 is 17.9 Å². The van der Waals surface area contributed by atoms with E-state index < -0.39 is 54.0 Å². The highest BCUT2D eigenvalue weighted by molar-refractivity contribution is 9.09. The summed E-state index contributed by atoms with van der Waals surface area (Å²) in [6.45, 7) is -0.444. The molecule has 9 heteroatoms. The first-order valence-corrected chi connectivity index (χ1v) is 12.0. The highest BCUT2D eigenvalue weighted by Gasteiger charge is 2.50. The van der Waals surface area contributed by atoms with Crippen molar-refractivity contribution in [3.05, 3.63) is 108 Å². The first-order chi connectivity index (χ1) is 17.4. The molecule has 1 saturated heterocycles. The minimum atomic E-state index is -1.94. The molecular weight excluding hydrogens is 535 g/mol. The van der Waals surface area contributed by atoms with E-state index in [0.717, 1.165) is 0 Å². The summed E-state index contributed by atoms with van der Waals surface area (Å²) >= 11 is 3.18. The number of alkyl halides is 2. The molecule has 36 heavy (non-hydrogen) atoms. The molecule has 0 N–H and O–H groups in total. The predicted octanol–water partition coefficient (Wildman–Crippen LogP) is 4.75. The Kier molecular flexibility index (Phi) is 8.45. The van der Waals surface area contributed by atoms with Crippen LogP contribution >= 0.6 is 15.9 Å². The summed E-state index contributed by atoms with van der Waals surface area (Å²) < 4.78 is 36.9. The fourth-order valence-corrected chi connectivity index (χ4v) is 4.15. The lowest BCUT2D eigenvalue weighted by Crippen LogP contribution is -2.58. The van der Waals surface area contributed by atoms with Gasteiger partial charge < -0.3 is 18.9 Å². The minimum absolute atomic E-state index is 0.235. The first kappa shape index (κ1) is 25.5. The van der Waals surface area contributed by atoms with Crippen molar-refractivity contribution in [2.75, 3.05) is 6.61 Å². The standard InChI is InChI=1S/C27H22BrFO7/c28-21-23(36-27(32)19-14-8-3-9-15-19)22(35-26(31)18-12-6-2-7-13-18)20(34-24(21)29)16-33-25(30)17-10-4-1-5-11-17/h1-15,20-24H,16H2/t20-,21+,22+,23-,24+/m1/s1. The van der Waals surface area contributed by atoms with Gasteiger partial charge in [-0.25, -0.2) is 18.8 Å². The van der Waals surface area contributed by atoms with Crippen LogP contribution in [-0.4, -0.2) is 54.0 Å². The van der Waals surface area contributed by atoms with Gasteiger partial charge in [-0.3, -0.25) is 0 Å². The number of hydrogen-bond donors (Lipinski definition) is 0. The van der Waals surface area contributed by atoms with Crippen molar-refractivity contribution in [1.82, 2.24) is 0 Å². The van der Waals surface area contributed by atoms with Gasteiger partial charge in [0.2, 0.25) is 6.36 Å². The van der Waals surface area contributed by atoms with Crippen LogP contribution in [0.25, 0.3) is 0 Å². The van der Waals surface area contributed by atoms with Crippen molar-refractivity contribution >= 4 is 33.8 Å². The molecule has 4 rings (SSSR count). The lowest BCUT2D eigenvalue weighted by Gasteiger charge is -2.40. The lowest BCUT2D eigenvalue weighted by atomic mass is 10.0. The molecule has 1 fully saturated rings. The molecule has 0 radical (unpaired) electrons. The van der Waals surface area contributed by atoms with Gasteiger partial charge in [0, 0.05) is 0 Å². The van der Waals surface area contributed by atoms with Crippen molar-refractivity contribution in [2.24, 2.45) is 0 Å². The van der Waals surface area contributed by atoms with Gasteiger partial charge in [0.1, 0.15) is 17.5 Å². The van der Waals surface area contributed by atoms with Crippen LogP contribution in [0.15, 0.2) is 91.0 Å². The molecule has 5 atom stereocenters. The Hall–Kier alpha value is -3.56. The van der Waals surface area contributed by atoms with E-state index in [1.807, 2.05) is 0 Å². The van der Waals surface area contributed by atoms with E-state index in [2.05, 4.69) is 15.9 Å². The third-order valence-corrected chi connectivity index (χ3v) is 6.39. The van der Waals surface area contributed by atoms with Crippen molar-refractivity contribution in [2.45, 2.75) is 29.5 Å². The first-order valence-electron chi connectivity index (χ1n) is 11.1. The van der Waals surface area contributed by atoms with Gasteiger partial charge in [0.25, 0.3) is 0 Å². The molecule has 0 unspecified atom stereocenters. The van der Waals surface area contributed by atoms with E-state index in [4.69, 9.17) is 18.9 Å². The van der Waals surface area contributed by atoms with Gasteiger partial charge in [0.15, 0.2) is 12.2 Å². The maximum atomic E-state index is 14.9. The second-order valence-corrected chi connectivity index (χ2v) is 8.96. The van der Waals surface area contributed by atoms with Crippen LogP contribution in [-0.2, 0) is 18.9 Å². The van der Waals surface area contributed by atoms with Crippen LogP contribution in [0.5, 0.6) is 0 Å². The summed E-state index contributed by atoms with van der Waals surface area (Å²) in [4.78, 5) is 37.0. The number of hydrogen-bond acceptors (Lipinski definition) is 7. The number of halogens is 2. The molecule has 1 heterocycles. The molecule has 0 aromatic heterocycles. The van der Waals surface area contributed by atoms with Gasteiger partial charge in [-0.1, -0.05) is 70.5 Å². The Morgan fingerprint density at radius 2 is 1.11 bits per heavy atom. The maximum absolute atomic E-state index is 14.9. The van der Waals surface area contributed by atoms with E-state index in [-0.39, 0.29) is 16.7 Å². The third kappa shape index (κ3) is 6.16. The molecule has 0 spiro atoms. The lowest BCUT2D eigenvalue weighted by molar-refractivity contribution is -0.209. The average molecular weight is 557 g/mol. The second kappa shape index (κ2) is 11.9. The Morgan fingerprint density at radius 3 is 1.58 bits per heavy atom. The molecule has 0 aliphatic carbocycles. The molecular formula is C27H22BrFO7. The molecule has 3 aromatic carbocycles. The predicted molar refractivity (Wildman–Crippen MR) is 130 cm³/mol. The van der Waals surface area contributed by atoms with Crippen LogP contribution in [0.3, 0.4) is 0 Å². The van der Waals surface area contributed by atoms with Crippen LogP contribution < -0.4 is 0 Å². The highest BCUT2D eigenvalue weighted by Crippen LogP contribution is 2.33. The Labute approximate surface area is 215 Å². The van der Waals surface area contributed by atoms with Crippen LogP contribution in [0.4, 0.5) is 4.39 Å². The van der Waals surface area contributed by atoms with Gasteiger partial charge in [0.05, 0.1) is 16.7 Å². The normalized spacial score (nSPS) is 23.3. The Morgan fingerprint density at radius 1 is 0.694 bits per heavy atom. The van der Waals surface area contributed by atoms with Crippen molar-refractivity contribution in [1.29, 1.82) is 0 Å². The number of ether oxygens (including phenoxy) is 4. The fraction of sp³-hybridized carbons (Fsp3) is 0.222. The average Bonchev–Trinajstić information content (AvgIpc) is 2.92. The van der Waals surface area contributed by atoms with Gasteiger partial charge in [-0.15, -0.1) is 0 Å². The largest absolute Gasteiger partial charge is 0.459 e. The zero-order chi connectivity index (χ0) is 25.5. The maximum Gasteiger partial charge on any atom is 0.338 e. The van der Waals surface area contributed by atoms with Crippen molar-refractivity contribution in [3.8, 4) is 0 Å². The molecule has 0 saturated carbocycles. The Bertz CT molecular complexity index is 1180. The van der Waals surface area contributed by atoms with Crippen molar-refractivity contribution in [3.63, 3.8) is 0 Å². The number of esters is 3. The summed E-state index contributed by atoms with van der Waals surface area (Å²) in [6.07, 6.45) is -5.76. The molecule has 0 amide bonds. The summed E-state index contributed by atoms with van der Waals surface area (Å²) in [7, 11) is 0. The topological polar surface area (TPSA) is 88.1 Å². The van der Waals surface area contributed by atoms with Gasteiger partial charge in [-0.05, 0) is 36.4 Å². The zero-order valence-electron chi connectivity index (χ0n) is 18.9. The molecule has 3 aromatic rings. The molecule has 186 valence electrons. The van der Waals surface area contributed by atoms with Crippen LogP contribution in [0.2, 0.25) is 0 Å². The summed E-state index contributed by atoms with van der Waals surface area (Å²) in [5.74, 6) is -2.14. The van der Waals surface area contributed by atoms with E-state index in [1.165, 1.54) is 0 Å². The second-order valence-electron chi connectivity index (χ2n) is 7.91. The zero-order valence-corrected chi connectivity index (χ0v) is 20.5. The number of carbonyl (C=O) groups is 3. The van der Waals surface area contributed by atoms with Crippen LogP contribution in [0.1, 0.15) is 31.1 Å². The summed E-state index contributed by atoms with van der Waals surface area (Å²) in [5.41, 5.74) is 0.756. The summed E-state index contributed by atoms with van der Waals surface area (Å²) in [6, 6.07) is 24.5. The highest BCUT2D eigenvalue weighted by atomic mass is 79.9. The van der Waals surface area contributed by atoms with Crippen LogP contribution in [0, 0.1) is 0 Å². The molecule has 1 aliphatic heterocycles. The molecule has 1 aliphatic rings. The molecule has 7 nitrogen and oxygen atoms in total. The monoisotopic (exact) mass is 556 g/mol. The van der Waals surface area contributed by atoms with E-state index in [1.54, 1.807) is 91.0 Å². The number of rotatable bonds is 7. The number of carbonyl (C=O) groups excluding carboxylic acids is 3. The Balaban J connectivity index is 1.57. The smallest absolute Gasteiger partial charge is 0.338 e. The van der Waals surface area contributed by atoms with E-state index in [0.29, 0.717) is 0 Å². The fourth-order valence-electron chi connectivity index (χ4n) is 3.62. The quantitative estimate of drug-likeness (QED) is 0.235. The SMILES string of the molecule is O=C(OC[C@H]1O[C@H](F)[C@@H](Br)[C@@H](OC(=O)c2ccccc2)[C@H]1OC(=O)c1ccccc1)c1ccccc1. The minimum Gasteiger partial charge on any atom is -0.459 e. The molecule has 0 bridgehead atoms. The third-order valence-electron chi connectivity index (χ3n) is 5.45. The van der Waals surface area contributed by atoms with E-state index >= 15 is 0 Å². The number of benzene rings is 3. The van der Waals surface area contributed by atoms with Gasteiger partial charge in [-0.2, -0.15) is 0 Å². The van der Waals surface area contributed by atoms with Crippen molar-refractivity contribution < 1.29 is 37.7 Å². The van der Waals surface area contributed by atoms with E-state index in [9.17, 15) is 18.8 Å².